The topological polar surface area (TPSA) is 84.5 Å². The quantitative estimate of drug-likeness (QED) is 0.646. The van der Waals surface area contributed by atoms with Crippen molar-refractivity contribution in [2.24, 2.45) is 0 Å². The Morgan fingerprint density at radius 3 is 2.62 bits per heavy atom. The van der Waals surface area contributed by atoms with Gasteiger partial charge >= 0.3 is 5.97 Å². The van der Waals surface area contributed by atoms with Crippen LogP contribution in [0.4, 0.5) is 0 Å². The highest BCUT2D eigenvalue weighted by atomic mass is 35.5. The number of methoxy groups -OCH3 is 1. The lowest BCUT2D eigenvalue weighted by atomic mass is 10.2. The first-order valence-corrected chi connectivity index (χ1v) is 9.15. The first-order chi connectivity index (χ1) is 11.5. The first-order valence-electron chi connectivity index (χ1n) is 7.38. The number of carbonyl (C=O) groups is 3. The van der Waals surface area contributed by atoms with Crippen LogP contribution in [0.2, 0.25) is 5.02 Å². The highest BCUT2D eigenvalue weighted by Gasteiger charge is 2.20. The zero-order valence-corrected chi connectivity index (χ0v) is 15.2. The summed E-state index contributed by atoms with van der Waals surface area (Å²) in [7, 11) is 1.28. The number of benzene rings is 1. The Morgan fingerprint density at radius 1 is 1.29 bits per heavy atom. The van der Waals surface area contributed by atoms with Crippen LogP contribution in [0.1, 0.15) is 23.2 Å². The number of hydrogen-bond acceptors (Lipinski definition) is 5. The van der Waals surface area contributed by atoms with Gasteiger partial charge in [-0.25, -0.2) is 4.79 Å². The fraction of sp³-hybridized carbons (Fsp3) is 0.438. The minimum absolute atomic E-state index is 0.0585. The van der Waals surface area contributed by atoms with Gasteiger partial charge in [-0.2, -0.15) is 11.8 Å². The molecular weight excluding hydrogens is 352 g/mol. The first kappa shape index (κ1) is 20.3. The molecule has 0 heterocycles. The minimum Gasteiger partial charge on any atom is -0.467 e. The predicted octanol–water partition coefficient (Wildman–Crippen LogP) is 1.87. The number of carbonyl (C=O) groups excluding carboxylic acids is 3. The van der Waals surface area contributed by atoms with Gasteiger partial charge in [-0.1, -0.05) is 23.7 Å². The Labute approximate surface area is 150 Å². The average Bonchev–Trinajstić information content (AvgIpc) is 2.58. The molecule has 0 radical (unpaired) electrons. The number of halogens is 1. The van der Waals surface area contributed by atoms with Crippen LogP contribution in [0.5, 0.6) is 0 Å². The number of rotatable bonds is 9. The second-order valence-corrected chi connectivity index (χ2v) is 6.30. The molecule has 8 heteroatoms. The minimum atomic E-state index is -0.672. The van der Waals surface area contributed by atoms with Crippen molar-refractivity contribution in [1.82, 2.24) is 10.6 Å². The smallest absolute Gasteiger partial charge is 0.328 e. The molecule has 132 valence electrons. The van der Waals surface area contributed by atoms with Crippen molar-refractivity contribution < 1.29 is 19.1 Å². The molecule has 1 aromatic carbocycles. The van der Waals surface area contributed by atoms with Crippen molar-refractivity contribution in [3.05, 3.63) is 34.9 Å². The standard InChI is InChI=1S/C16H21ClN2O4S/c1-23-16(22)13(8-10-24-2)19-14(20)7-9-18-15(21)11-5-3-4-6-12(11)17/h3-6,13H,7-10H2,1-2H3,(H,18,21)(H,19,20)/t13-/m0/s1. The maximum atomic E-state index is 12.0. The number of amides is 2. The zero-order chi connectivity index (χ0) is 17.9. The number of ether oxygens (including phenoxy) is 1. The Hall–Kier alpha value is -1.73. The van der Waals surface area contributed by atoms with Crippen molar-refractivity contribution in [2.45, 2.75) is 18.9 Å². The Morgan fingerprint density at radius 2 is 2.00 bits per heavy atom. The van der Waals surface area contributed by atoms with Crippen LogP contribution in [0.3, 0.4) is 0 Å². The molecule has 6 nitrogen and oxygen atoms in total. The molecule has 0 aliphatic carbocycles. The highest BCUT2D eigenvalue weighted by molar-refractivity contribution is 7.98. The van der Waals surface area contributed by atoms with E-state index in [2.05, 4.69) is 15.4 Å². The molecule has 0 bridgehead atoms. The van der Waals surface area contributed by atoms with Crippen LogP contribution in [-0.2, 0) is 14.3 Å². The monoisotopic (exact) mass is 372 g/mol. The molecule has 0 saturated carbocycles. The number of esters is 1. The van der Waals surface area contributed by atoms with Crippen LogP contribution >= 0.6 is 23.4 Å². The molecule has 0 aliphatic heterocycles. The molecule has 24 heavy (non-hydrogen) atoms. The van der Waals surface area contributed by atoms with Crippen LogP contribution < -0.4 is 10.6 Å². The second kappa shape index (κ2) is 10.9. The predicted molar refractivity (Wildman–Crippen MR) is 95.3 cm³/mol. The largest absolute Gasteiger partial charge is 0.467 e. The fourth-order valence-electron chi connectivity index (χ4n) is 1.92. The van der Waals surface area contributed by atoms with Gasteiger partial charge in [0.15, 0.2) is 0 Å². The average molecular weight is 373 g/mol. The lowest BCUT2D eigenvalue weighted by molar-refractivity contribution is -0.145. The number of thioether (sulfide) groups is 1. The molecule has 2 amide bonds. The van der Waals surface area contributed by atoms with Gasteiger partial charge < -0.3 is 15.4 Å². The van der Waals surface area contributed by atoms with E-state index in [4.69, 9.17) is 11.6 Å². The second-order valence-electron chi connectivity index (χ2n) is 4.91. The van der Waals surface area contributed by atoms with Crippen LogP contribution in [0, 0.1) is 0 Å². The summed E-state index contributed by atoms with van der Waals surface area (Å²) in [6.45, 7) is 0.145. The third-order valence-corrected chi connectivity index (χ3v) is 4.16. The van der Waals surface area contributed by atoms with Crippen molar-refractivity contribution in [3.8, 4) is 0 Å². The van der Waals surface area contributed by atoms with E-state index in [1.54, 1.807) is 36.0 Å². The van der Waals surface area contributed by atoms with Gasteiger partial charge in [-0.3, -0.25) is 9.59 Å². The third kappa shape index (κ3) is 6.80. The van der Waals surface area contributed by atoms with Gasteiger partial charge in [0, 0.05) is 13.0 Å². The fourth-order valence-corrected chi connectivity index (χ4v) is 2.62. The SMILES string of the molecule is COC(=O)[C@H](CCSC)NC(=O)CCNC(=O)c1ccccc1Cl. The lowest BCUT2D eigenvalue weighted by Crippen LogP contribution is -2.43. The van der Waals surface area contributed by atoms with E-state index in [1.807, 2.05) is 6.26 Å². The van der Waals surface area contributed by atoms with Crippen LogP contribution in [0.25, 0.3) is 0 Å². The van der Waals surface area contributed by atoms with E-state index >= 15 is 0 Å². The van der Waals surface area contributed by atoms with E-state index in [0.717, 1.165) is 5.75 Å². The molecule has 1 atom stereocenters. The molecular formula is C16H21ClN2O4S. The van der Waals surface area contributed by atoms with Crippen molar-refractivity contribution in [1.29, 1.82) is 0 Å². The molecule has 0 aromatic heterocycles. The lowest BCUT2D eigenvalue weighted by Gasteiger charge is -2.16. The Balaban J connectivity index is 2.43. The van der Waals surface area contributed by atoms with Crippen LogP contribution in [-0.4, -0.2) is 49.5 Å². The normalized spacial score (nSPS) is 11.5. The maximum Gasteiger partial charge on any atom is 0.328 e. The molecule has 0 unspecified atom stereocenters. The molecule has 0 spiro atoms. The van der Waals surface area contributed by atoms with Gasteiger partial charge in [0.2, 0.25) is 5.91 Å². The van der Waals surface area contributed by atoms with E-state index in [9.17, 15) is 14.4 Å². The van der Waals surface area contributed by atoms with E-state index in [-0.39, 0.29) is 24.8 Å². The van der Waals surface area contributed by atoms with E-state index < -0.39 is 12.0 Å². The summed E-state index contributed by atoms with van der Waals surface area (Å²) in [4.78, 5) is 35.5. The summed E-state index contributed by atoms with van der Waals surface area (Å²) in [5, 5.41) is 5.60. The Bertz CT molecular complexity index is 583. The molecule has 0 aliphatic rings. The van der Waals surface area contributed by atoms with Crippen LogP contribution in [0.15, 0.2) is 24.3 Å². The highest BCUT2D eigenvalue weighted by Crippen LogP contribution is 2.14. The van der Waals surface area contributed by atoms with Crippen molar-refractivity contribution >= 4 is 41.1 Å². The summed E-state index contributed by atoms with van der Waals surface area (Å²) < 4.78 is 4.68. The van der Waals surface area contributed by atoms with Crippen molar-refractivity contribution in [3.63, 3.8) is 0 Å². The summed E-state index contributed by atoms with van der Waals surface area (Å²) in [5.74, 6) is -0.424. The molecule has 0 saturated heterocycles. The number of hydrogen-bond donors (Lipinski definition) is 2. The summed E-state index contributed by atoms with van der Waals surface area (Å²) in [6, 6.07) is 5.99. The van der Waals surface area contributed by atoms with Crippen molar-refractivity contribution in [2.75, 3.05) is 25.7 Å². The molecule has 1 aromatic rings. The number of nitrogens with one attached hydrogen (secondary N) is 2. The van der Waals surface area contributed by atoms with Gasteiger partial charge in [0.05, 0.1) is 17.7 Å². The molecule has 2 N–H and O–H groups in total. The Kier molecular flexibility index (Phi) is 9.26. The van der Waals surface area contributed by atoms with Gasteiger partial charge in [-0.15, -0.1) is 0 Å². The van der Waals surface area contributed by atoms with Gasteiger partial charge in [-0.05, 0) is 30.6 Å². The van der Waals surface area contributed by atoms with Gasteiger partial charge in [0.25, 0.3) is 5.91 Å². The van der Waals surface area contributed by atoms with Gasteiger partial charge in [0.1, 0.15) is 6.04 Å². The zero-order valence-electron chi connectivity index (χ0n) is 13.6. The maximum absolute atomic E-state index is 12.0. The van der Waals surface area contributed by atoms with E-state index in [1.165, 1.54) is 7.11 Å². The molecule has 1 rings (SSSR count). The summed E-state index contributed by atoms with van der Waals surface area (Å²) in [5.41, 5.74) is 0.354. The third-order valence-electron chi connectivity index (χ3n) is 3.19. The van der Waals surface area contributed by atoms with E-state index in [0.29, 0.717) is 17.0 Å². The molecule has 0 fully saturated rings. The summed E-state index contributed by atoms with van der Waals surface area (Å²) >= 11 is 7.51. The summed E-state index contributed by atoms with van der Waals surface area (Å²) in [6.07, 6.45) is 2.47.